The van der Waals surface area contributed by atoms with E-state index >= 15 is 0 Å². The lowest BCUT2D eigenvalue weighted by molar-refractivity contribution is 0.476. The van der Waals surface area contributed by atoms with Crippen LogP contribution in [0.2, 0.25) is 0 Å². The number of aryl methyl sites for hydroxylation is 1. The Labute approximate surface area is 151 Å². The van der Waals surface area contributed by atoms with E-state index < -0.39 is 10.1 Å². The van der Waals surface area contributed by atoms with Crippen LogP contribution in [0.4, 0.5) is 11.4 Å². The van der Waals surface area contributed by atoms with Gasteiger partial charge >= 0.3 is 0 Å². The van der Waals surface area contributed by atoms with E-state index in [0.717, 1.165) is 11.1 Å². The number of nitrogens with zero attached hydrogens (tertiary/aromatic N) is 2. The number of rotatable bonds is 4. The van der Waals surface area contributed by atoms with E-state index in [2.05, 4.69) is 10.2 Å². The smallest absolute Gasteiger partial charge is 0.294 e. The third-order valence-corrected chi connectivity index (χ3v) is 4.80. The highest BCUT2D eigenvalue weighted by Crippen LogP contribution is 2.33. The second-order valence-electron chi connectivity index (χ2n) is 5.69. The van der Waals surface area contributed by atoms with Gasteiger partial charge in [0.15, 0.2) is 0 Å². The summed E-state index contributed by atoms with van der Waals surface area (Å²) in [6.07, 6.45) is 0. The maximum atomic E-state index is 11.4. The fraction of sp³-hybridized carbons (Fsp3) is 0.0526. The summed E-state index contributed by atoms with van der Waals surface area (Å²) in [5.41, 5.74) is 2.72. The molecule has 0 aliphatic heterocycles. The van der Waals surface area contributed by atoms with Crippen LogP contribution in [0.15, 0.2) is 81.9 Å². The topological polar surface area (TPSA) is 99.3 Å². The monoisotopic (exact) mass is 368 g/mol. The van der Waals surface area contributed by atoms with Gasteiger partial charge in [-0.05, 0) is 47.9 Å². The number of azo groups is 1. The van der Waals surface area contributed by atoms with Crippen LogP contribution in [0.1, 0.15) is 5.56 Å². The van der Waals surface area contributed by atoms with E-state index in [1.54, 1.807) is 25.1 Å². The van der Waals surface area contributed by atoms with Gasteiger partial charge in [-0.15, -0.1) is 5.11 Å². The van der Waals surface area contributed by atoms with Gasteiger partial charge in [-0.25, -0.2) is 0 Å². The van der Waals surface area contributed by atoms with E-state index in [4.69, 9.17) is 0 Å². The second-order valence-corrected chi connectivity index (χ2v) is 7.08. The van der Waals surface area contributed by atoms with Gasteiger partial charge in [-0.1, -0.05) is 42.5 Å². The van der Waals surface area contributed by atoms with Crippen LogP contribution < -0.4 is 0 Å². The molecule has 0 radical (unpaired) electrons. The molecule has 0 heterocycles. The standard InChI is InChI=1S/C19H16N2O4S/c1-13-7-9-16(12-19(13)26(23,24)25)20-21-17-11-15(8-10-18(17)22)14-5-3-2-4-6-14/h2-12,22H,1H3,(H,23,24,25). The van der Waals surface area contributed by atoms with Crippen molar-refractivity contribution in [2.24, 2.45) is 10.2 Å². The van der Waals surface area contributed by atoms with Crippen molar-refractivity contribution in [1.82, 2.24) is 0 Å². The Balaban J connectivity index is 1.97. The first-order chi connectivity index (χ1) is 12.3. The van der Waals surface area contributed by atoms with Crippen molar-refractivity contribution >= 4 is 21.5 Å². The molecule has 0 aromatic heterocycles. The largest absolute Gasteiger partial charge is 0.506 e. The van der Waals surface area contributed by atoms with Crippen LogP contribution in [0.25, 0.3) is 11.1 Å². The van der Waals surface area contributed by atoms with E-state index in [1.165, 1.54) is 18.2 Å². The van der Waals surface area contributed by atoms with Gasteiger partial charge in [0.2, 0.25) is 0 Å². The predicted octanol–water partition coefficient (Wildman–Crippen LogP) is 5.03. The average Bonchev–Trinajstić information content (AvgIpc) is 2.62. The SMILES string of the molecule is Cc1ccc(N=Nc2cc(-c3ccccc3)ccc2O)cc1S(=O)(=O)O. The molecule has 26 heavy (non-hydrogen) atoms. The molecule has 0 unspecified atom stereocenters. The number of hydrogen-bond donors (Lipinski definition) is 2. The van der Waals surface area contributed by atoms with E-state index in [0.29, 0.717) is 5.56 Å². The average molecular weight is 368 g/mol. The molecule has 7 heteroatoms. The number of aromatic hydroxyl groups is 1. The molecule has 0 atom stereocenters. The van der Waals surface area contributed by atoms with Gasteiger partial charge < -0.3 is 5.11 Å². The predicted molar refractivity (Wildman–Crippen MR) is 98.7 cm³/mol. The van der Waals surface area contributed by atoms with Crippen LogP contribution in [0.5, 0.6) is 5.75 Å². The van der Waals surface area contributed by atoms with Gasteiger partial charge in [0, 0.05) is 0 Å². The molecule has 0 saturated heterocycles. The first kappa shape index (κ1) is 17.8. The van der Waals surface area contributed by atoms with Crippen LogP contribution in [0.3, 0.4) is 0 Å². The summed E-state index contributed by atoms with van der Waals surface area (Å²) in [5.74, 6) is -0.0458. The molecule has 0 amide bonds. The van der Waals surface area contributed by atoms with Gasteiger partial charge in [0.25, 0.3) is 10.1 Å². The molecule has 0 saturated carbocycles. The molecule has 3 rings (SSSR count). The highest BCUT2D eigenvalue weighted by Gasteiger charge is 2.13. The summed E-state index contributed by atoms with van der Waals surface area (Å²) >= 11 is 0. The summed E-state index contributed by atoms with van der Waals surface area (Å²) in [6, 6.07) is 18.9. The molecule has 0 spiro atoms. The molecule has 0 aliphatic rings. The van der Waals surface area contributed by atoms with Crippen molar-refractivity contribution in [2.45, 2.75) is 11.8 Å². The van der Waals surface area contributed by atoms with Crippen molar-refractivity contribution in [3.05, 3.63) is 72.3 Å². The molecule has 2 N–H and O–H groups in total. The summed E-state index contributed by atoms with van der Waals surface area (Å²) in [6.45, 7) is 1.57. The molecule has 3 aromatic rings. The summed E-state index contributed by atoms with van der Waals surface area (Å²) in [4.78, 5) is -0.226. The van der Waals surface area contributed by atoms with Gasteiger partial charge in [-0.2, -0.15) is 13.5 Å². The third kappa shape index (κ3) is 3.96. The van der Waals surface area contributed by atoms with Crippen LogP contribution in [-0.4, -0.2) is 18.1 Å². The quantitative estimate of drug-likeness (QED) is 0.498. The van der Waals surface area contributed by atoms with E-state index in [-0.39, 0.29) is 22.0 Å². The van der Waals surface area contributed by atoms with Crippen molar-refractivity contribution in [1.29, 1.82) is 0 Å². The zero-order chi connectivity index (χ0) is 18.7. The van der Waals surface area contributed by atoms with Crippen LogP contribution in [0, 0.1) is 6.92 Å². The van der Waals surface area contributed by atoms with Crippen molar-refractivity contribution in [2.75, 3.05) is 0 Å². The third-order valence-electron chi connectivity index (χ3n) is 3.81. The minimum atomic E-state index is -4.34. The van der Waals surface area contributed by atoms with E-state index in [1.807, 2.05) is 30.3 Å². The Morgan fingerprint density at radius 1 is 0.846 bits per heavy atom. The molecule has 0 aliphatic carbocycles. The Morgan fingerprint density at radius 3 is 2.27 bits per heavy atom. The second kappa shape index (κ2) is 7.07. The fourth-order valence-electron chi connectivity index (χ4n) is 2.45. The normalized spacial score (nSPS) is 11.8. The highest BCUT2D eigenvalue weighted by molar-refractivity contribution is 7.85. The first-order valence-corrected chi connectivity index (χ1v) is 9.17. The Hall–Kier alpha value is -3.03. The first-order valence-electron chi connectivity index (χ1n) is 7.73. The molecule has 3 aromatic carbocycles. The number of phenolic OH excluding ortho intramolecular Hbond substituents is 1. The minimum Gasteiger partial charge on any atom is -0.506 e. The van der Waals surface area contributed by atoms with Gasteiger partial charge in [0.05, 0.1) is 10.6 Å². The van der Waals surface area contributed by atoms with Crippen LogP contribution in [-0.2, 0) is 10.1 Å². The molecular formula is C19H16N2O4S. The van der Waals surface area contributed by atoms with Gasteiger partial charge in [-0.3, -0.25) is 4.55 Å². The maximum Gasteiger partial charge on any atom is 0.294 e. The maximum absolute atomic E-state index is 11.4. The van der Waals surface area contributed by atoms with Gasteiger partial charge in [0.1, 0.15) is 11.4 Å². The highest BCUT2D eigenvalue weighted by atomic mass is 32.2. The summed E-state index contributed by atoms with van der Waals surface area (Å²) in [5, 5.41) is 18.0. The fourth-order valence-corrected chi connectivity index (χ4v) is 3.20. The van der Waals surface area contributed by atoms with Crippen molar-refractivity contribution in [3.8, 4) is 16.9 Å². The lowest BCUT2D eigenvalue weighted by Gasteiger charge is -2.05. The Kier molecular flexibility index (Phi) is 4.83. The summed E-state index contributed by atoms with van der Waals surface area (Å²) < 4.78 is 32.0. The molecular weight excluding hydrogens is 352 g/mol. The Morgan fingerprint density at radius 2 is 1.58 bits per heavy atom. The molecule has 0 fully saturated rings. The Bertz CT molecular complexity index is 1080. The molecule has 0 bridgehead atoms. The van der Waals surface area contributed by atoms with Crippen LogP contribution >= 0.6 is 0 Å². The zero-order valence-corrected chi connectivity index (χ0v) is 14.7. The summed E-state index contributed by atoms with van der Waals surface area (Å²) in [7, 11) is -4.34. The zero-order valence-electron chi connectivity index (χ0n) is 13.9. The number of benzene rings is 3. The lowest BCUT2D eigenvalue weighted by Crippen LogP contribution is -2.00. The molecule has 6 nitrogen and oxygen atoms in total. The minimum absolute atomic E-state index is 0.0458. The van der Waals surface area contributed by atoms with Crippen molar-refractivity contribution < 1.29 is 18.1 Å². The van der Waals surface area contributed by atoms with E-state index in [9.17, 15) is 18.1 Å². The van der Waals surface area contributed by atoms with Crippen molar-refractivity contribution in [3.63, 3.8) is 0 Å². The number of phenols is 1. The number of hydrogen-bond acceptors (Lipinski definition) is 5. The lowest BCUT2D eigenvalue weighted by atomic mass is 10.1. The molecule has 132 valence electrons.